The molecule has 0 aromatic carbocycles. The van der Waals surface area contributed by atoms with Gasteiger partial charge in [-0.25, -0.2) is 4.79 Å². The summed E-state index contributed by atoms with van der Waals surface area (Å²) in [4.78, 5) is 23.8. The molecule has 0 aliphatic carbocycles. The molecule has 0 aliphatic heterocycles. The van der Waals surface area contributed by atoms with Gasteiger partial charge in [0.2, 0.25) is 6.10 Å². The van der Waals surface area contributed by atoms with Gasteiger partial charge in [0.25, 0.3) is 0 Å². The van der Waals surface area contributed by atoms with Crippen LogP contribution in [0.15, 0.2) is 48.6 Å². The van der Waals surface area contributed by atoms with E-state index in [2.05, 4.69) is 55.5 Å². The van der Waals surface area contributed by atoms with E-state index in [-0.39, 0.29) is 18.5 Å². The van der Waals surface area contributed by atoms with Crippen molar-refractivity contribution in [3.63, 3.8) is 0 Å². The fourth-order valence-corrected chi connectivity index (χ4v) is 2.81. The molecule has 0 radical (unpaired) electrons. The minimum atomic E-state index is -0.816. The van der Waals surface area contributed by atoms with Crippen molar-refractivity contribution in [1.82, 2.24) is 0 Å². The predicted molar refractivity (Wildman–Crippen MR) is 130 cm³/mol. The molecule has 0 amide bonds. The third-order valence-corrected chi connectivity index (χ3v) is 4.59. The van der Waals surface area contributed by atoms with Crippen LogP contribution in [0.2, 0.25) is 0 Å². The summed E-state index contributed by atoms with van der Waals surface area (Å²) in [5.41, 5.74) is 0. The Kier molecular flexibility index (Phi) is 19.7. The standard InChI is InChI=1S/C27H44O4/c1-5-7-8-9-10-11-12-13-14-15-16-17-18-19-20-21-22-23-25(28)31-26(24(3)4)27(29)30-6-2/h10-11,13-14,16-17,19-20,24,26H,5-9,12,15,18,21-23H2,1-4H3/b11-10-,14-13-,17-16-,20-19-. The summed E-state index contributed by atoms with van der Waals surface area (Å²) < 4.78 is 10.3. The molecule has 0 spiro atoms. The molecular formula is C27H44O4. The van der Waals surface area contributed by atoms with Crippen LogP contribution < -0.4 is 0 Å². The van der Waals surface area contributed by atoms with Crippen LogP contribution in [0.25, 0.3) is 0 Å². The van der Waals surface area contributed by atoms with Crippen LogP contribution in [-0.2, 0) is 19.1 Å². The van der Waals surface area contributed by atoms with E-state index in [1.165, 1.54) is 25.7 Å². The normalized spacial score (nSPS) is 13.2. The maximum Gasteiger partial charge on any atom is 0.347 e. The van der Waals surface area contributed by atoms with Crippen molar-refractivity contribution in [1.29, 1.82) is 0 Å². The van der Waals surface area contributed by atoms with Crippen molar-refractivity contribution in [3.8, 4) is 0 Å². The lowest BCUT2D eigenvalue weighted by molar-refractivity contribution is -0.170. The molecule has 0 saturated heterocycles. The Balaban J connectivity index is 3.80. The van der Waals surface area contributed by atoms with E-state index in [9.17, 15) is 9.59 Å². The zero-order valence-corrected chi connectivity index (χ0v) is 20.2. The van der Waals surface area contributed by atoms with Gasteiger partial charge < -0.3 is 9.47 Å². The third kappa shape index (κ3) is 18.4. The second-order valence-electron chi connectivity index (χ2n) is 7.89. The summed E-state index contributed by atoms with van der Waals surface area (Å²) in [7, 11) is 0. The quantitative estimate of drug-likeness (QED) is 0.130. The van der Waals surface area contributed by atoms with Crippen molar-refractivity contribution in [2.24, 2.45) is 5.92 Å². The summed E-state index contributed by atoms with van der Waals surface area (Å²) in [6.45, 7) is 7.94. The zero-order valence-electron chi connectivity index (χ0n) is 20.2. The van der Waals surface area contributed by atoms with Crippen molar-refractivity contribution in [2.75, 3.05) is 6.61 Å². The molecule has 0 heterocycles. The summed E-state index contributed by atoms with van der Waals surface area (Å²) in [5, 5.41) is 0. The molecular weight excluding hydrogens is 388 g/mol. The van der Waals surface area contributed by atoms with Crippen molar-refractivity contribution >= 4 is 11.9 Å². The van der Waals surface area contributed by atoms with E-state index < -0.39 is 12.1 Å². The number of ether oxygens (including phenoxy) is 2. The van der Waals surface area contributed by atoms with Gasteiger partial charge in [-0.3, -0.25) is 4.79 Å². The van der Waals surface area contributed by atoms with Crippen LogP contribution in [0.1, 0.15) is 91.9 Å². The monoisotopic (exact) mass is 432 g/mol. The van der Waals surface area contributed by atoms with Crippen molar-refractivity contribution in [3.05, 3.63) is 48.6 Å². The molecule has 4 nitrogen and oxygen atoms in total. The van der Waals surface area contributed by atoms with E-state index in [0.717, 1.165) is 25.7 Å². The average molecular weight is 433 g/mol. The van der Waals surface area contributed by atoms with Crippen LogP contribution >= 0.6 is 0 Å². The van der Waals surface area contributed by atoms with Gasteiger partial charge in [0.15, 0.2) is 0 Å². The highest BCUT2D eigenvalue weighted by Gasteiger charge is 2.27. The first-order valence-electron chi connectivity index (χ1n) is 12.0. The number of esters is 2. The molecule has 0 N–H and O–H groups in total. The second-order valence-corrected chi connectivity index (χ2v) is 7.89. The van der Waals surface area contributed by atoms with Gasteiger partial charge in [0, 0.05) is 12.3 Å². The number of carbonyl (C=O) groups is 2. The zero-order chi connectivity index (χ0) is 23.2. The minimum absolute atomic E-state index is 0.100. The average Bonchev–Trinajstić information content (AvgIpc) is 2.74. The SMILES string of the molecule is CCCCC/C=C\C/C=C\C/C=C\C/C=C\CCCC(=O)OC(C(=O)OCC)C(C)C. The molecule has 0 aromatic rings. The molecule has 176 valence electrons. The first-order chi connectivity index (χ1) is 15.0. The van der Waals surface area contributed by atoms with Crippen LogP contribution in [-0.4, -0.2) is 24.6 Å². The van der Waals surface area contributed by atoms with Gasteiger partial charge in [0.05, 0.1) is 6.61 Å². The lowest BCUT2D eigenvalue weighted by atomic mass is 10.1. The van der Waals surface area contributed by atoms with Crippen LogP contribution in [0.3, 0.4) is 0 Å². The number of unbranched alkanes of at least 4 members (excludes halogenated alkanes) is 4. The van der Waals surface area contributed by atoms with Gasteiger partial charge in [-0.05, 0) is 51.9 Å². The maximum absolute atomic E-state index is 12.0. The summed E-state index contributed by atoms with van der Waals surface area (Å²) in [6.07, 6.45) is 26.4. The fraction of sp³-hybridized carbons (Fsp3) is 0.630. The molecule has 0 aromatic heterocycles. The van der Waals surface area contributed by atoms with Crippen LogP contribution in [0.4, 0.5) is 0 Å². The van der Waals surface area contributed by atoms with Gasteiger partial charge in [-0.15, -0.1) is 0 Å². The van der Waals surface area contributed by atoms with Crippen LogP contribution in [0, 0.1) is 5.92 Å². The Morgan fingerprint density at radius 2 is 1.26 bits per heavy atom. The predicted octanol–water partition coefficient (Wildman–Crippen LogP) is 7.26. The molecule has 0 saturated carbocycles. The number of rotatable bonds is 18. The van der Waals surface area contributed by atoms with Gasteiger partial charge in [-0.1, -0.05) is 82.2 Å². The number of carbonyl (C=O) groups excluding carboxylic acids is 2. The minimum Gasteiger partial charge on any atom is -0.463 e. The Morgan fingerprint density at radius 3 is 1.74 bits per heavy atom. The highest BCUT2D eigenvalue weighted by atomic mass is 16.6. The van der Waals surface area contributed by atoms with E-state index in [4.69, 9.17) is 9.47 Å². The van der Waals surface area contributed by atoms with Gasteiger partial charge in [-0.2, -0.15) is 0 Å². The lowest BCUT2D eigenvalue weighted by Crippen LogP contribution is -2.33. The highest BCUT2D eigenvalue weighted by Crippen LogP contribution is 2.11. The highest BCUT2D eigenvalue weighted by molar-refractivity contribution is 5.79. The molecule has 0 bridgehead atoms. The third-order valence-electron chi connectivity index (χ3n) is 4.59. The van der Waals surface area contributed by atoms with Crippen molar-refractivity contribution in [2.45, 2.75) is 98.0 Å². The number of allylic oxidation sites excluding steroid dienone is 8. The first-order valence-corrected chi connectivity index (χ1v) is 12.0. The molecule has 0 fully saturated rings. The largest absolute Gasteiger partial charge is 0.463 e. The van der Waals surface area contributed by atoms with Crippen molar-refractivity contribution < 1.29 is 19.1 Å². The molecule has 0 aliphatic rings. The van der Waals surface area contributed by atoms with E-state index in [1.807, 2.05) is 13.8 Å². The van der Waals surface area contributed by atoms with Crippen LogP contribution in [0.5, 0.6) is 0 Å². The number of hydrogen-bond donors (Lipinski definition) is 0. The smallest absolute Gasteiger partial charge is 0.347 e. The maximum atomic E-state index is 12.0. The van der Waals surface area contributed by atoms with Gasteiger partial charge >= 0.3 is 11.9 Å². The Morgan fingerprint density at radius 1 is 0.742 bits per heavy atom. The van der Waals surface area contributed by atoms with E-state index in [0.29, 0.717) is 12.8 Å². The topological polar surface area (TPSA) is 52.6 Å². The Bertz CT molecular complexity index is 570. The molecule has 1 unspecified atom stereocenters. The van der Waals surface area contributed by atoms with Gasteiger partial charge in [0.1, 0.15) is 0 Å². The summed E-state index contributed by atoms with van der Waals surface area (Å²) in [5.74, 6) is -0.912. The van der Waals surface area contributed by atoms with E-state index in [1.54, 1.807) is 6.92 Å². The molecule has 4 heteroatoms. The van der Waals surface area contributed by atoms with E-state index >= 15 is 0 Å². The summed E-state index contributed by atoms with van der Waals surface area (Å²) in [6, 6.07) is 0. The fourth-order valence-electron chi connectivity index (χ4n) is 2.81. The molecule has 0 rings (SSSR count). The summed E-state index contributed by atoms with van der Waals surface area (Å²) >= 11 is 0. The number of hydrogen-bond acceptors (Lipinski definition) is 4. The lowest BCUT2D eigenvalue weighted by Gasteiger charge is -2.19. The first kappa shape index (κ1) is 28.9. The molecule has 31 heavy (non-hydrogen) atoms. The Labute approximate surface area is 190 Å². The molecule has 1 atom stereocenters. The second kappa shape index (κ2) is 21.1. The Hall–Kier alpha value is -2.10.